The van der Waals surface area contributed by atoms with Crippen molar-refractivity contribution in [2.45, 2.75) is 52.5 Å². The van der Waals surface area contributed by atoms with Crippen molar-refractivity contribution < 1.29 is 0 Å². The molecule has 1 unspecified atom stereocenters. The number of hydrogen-bond acceptors (Lipinski definition) is 1. The van der Waals surface area contributed by atoms with Gasteiger partial charge in [-0.05, 0) is 19.3 Å². The molecule has 0 fully saturated rings. The molecule has 62 valence electrons. The van der Waals surface area contributed by atoms with Crippen molar-refractivity contribution in [3.8, 4) is 0 Å². The van der Waals surface area contributed by atoms with Gasteiger partial charge < -0.3 is 5.73 Å². The molecule has 0 rings (SSSR count). The molecule has 0 amide bonds. The van der Waals surface area contributed by atoms with Gasteiger partial charge in [0.05, 0.1) is 0 Å². The summed E-state index contributed by atoms with van der Waals surface area (Å²) in [5.41, 5.74) is 5.67. The SMILES string of the molecule is CCCC[C@@H](C)CC(C)N. The highest BCUT2D eigenvalue weighted by atomic mass is 14.6. The Morgan fingerprint density at radius 3 is 2.30 bits per heavy atom. The predicted octanol–water partition coefficient (Wildman–Crippen LogP) is 2.55. The molecule has 10 heavy (non-hydrogen) atoms. The van der Waals surface area contributed by atoms with Crippen LogP contribution in [0.3, 0.4) is 0 Å². The lowest BCUT2D eigenvalue weighted by atomic mass is 9.97. The van der Waals surface area contributed by atoms with Crippen LogP contribution >= 0.6 is 0 Å². The summed E-state index contributed by atoms with van der Waals surface area (Å²) >= 11 is 0. The van der Waals surface area contributed by atoms with Crippen LogP contribution in [0.25, 0.3) is 0 Å². The van der Waals surface area contributed by atoms with Crippen molar-refractivity contribution in [2.24, 2.45) is 11.7 Å². The summed E-state index contributed by atoms with van der Waals surface area (Å²) < 4.78 is 0. The van der Waals surface area contributed by atoms with Gasteiger partial charge in [-0.15, -0.1) is 0 Å². The second-order valence-electron chi connectivity index (χ2n) is 3.46. The lowest BCUT2D eigenvalue weighted by Crippen LogP contribution is -2.18. The van der Waals surface area contributed by atoms with Gasteiger partial charge in [0.1, 0.15) is 0 Å². The Morgan fingerprint density at radius 1 is 1.30 bits per heavy atom. The fraction of sp³-hybridized carbons (Fsp3) is 1.00. The number of unbranched alkanes of at least 4 members (excludes halogenated alkanes) is 1. The summed E-state index contributed by atoms with van der Waals surface area (Å²) in [4.78, 5) is 0. The van der Waals surface area contributed by atoms with Gasteiger partial charge in [-0.25, -0.2) is 0 Å². The van der Waals surface area contributed by atoms with Crippen LogP contribution in [0.2, 0.25) is 0 Å². The molecule has 0 saturated carbocycles. The summed E-state index contributed by atoms with van der Waals surface area (Å²) in [6.07, 6.45) is 5.19. The van der Waals surface area contributed by atoms with Crippen LogP contribution in [-0.2, 0) is 0 Å². The summed E-state index contributed by atoms with van der Waals surface area (Å²) in [6.45, 7) is 6.61. The van der Waals surface area contributed by atoms with E-state index >= 15 is 0 Å². The summed E-state index contributed by atoms with van der Waals surface area (Å²) in [5.74, 6) is 0.819. The molecule has 1 nitrogen and oxygen atoms in total. The van der Waals surface area contributed by atoms with Crippen LogP contribution < -0.4 is 5.73 Å². The zero-order valence-corrected chi connectivity index (χ0v) is 7.56. The third-order valence-electron chi connectivity index (χ3n) is 1.82. The molecule has 2 N–H and O–H groups in total. The lowest BCUT2D eigenvalue weighted by molar-refractivity contribution is 0.437. The molecule has 2 atom stereocenters. The van der Waals surface area contributed by atoms with Gasteiger partial charge in [-0.3, -0.25) is 0 Å². The Bertz CT molecular complexity index is 69.1. The largest absolute Gasteiger partial charge is 0.328 e. The number of hydrogen-bond donors (Lipinski definition) is 1. The zero-order valence-electron chi connectivity index (χ0n) is 7.56. The van der Waals surface area contributed by atoms with Gasteiger partial charge in [-0.2, -0.15) is 0 Å². The molecule has 0 radical (unpaired) electrons. The van der Waals surface area contributed by atoms with E-state index in [0.717, 1.165) is 5.92 Å². The maximum absolute atomic E-state index is 5.67. The highest BCUT2D eigenvalue weighted by Crippen LogP contribution is 2.12. The minimum absolute atomic E-state index is 0.381. The maximum Gasteiger partial charge on any atom is 0.00130 e. The quantitative estimate of drug-likeness (QED) is 0.629. The Kier molecular flexibility index (Phi) is 5.70. The van der Waals surface area contributed by atoms with Crippen molar-refractivity contribution in [3.63, 3.8) is 0 Å². The smallest absolute Gasteiger partial charge is 0.00130 e. The molecule has 0 spiro atoms. The molecule has 0 aliphatic carbocycles. The monoisotopic (exact) mass is 143 g/mol. The topological polar surface area (TPSA) is 26.0 Å². The molecule has 0 aromatic rings. The molecular weight excluding hydrogens is 122 g/mol. The van der Waals surface area contributed by atoms with Gasteiger partial charge in [-0.1, -0.05) is 33.1 Å². The van der Waals surface area contributed by atoms with E-state index in [-0.39, 0.29) is 0 Å². The van der Waals surface area contributed by atoms with Crippen LogP contribution in [0, 0.1) is 5.92 Å². The minimum Gasteiger partial charge on any atom is -0.328 e. The average molecular weight is 143 g/mol. The van der Waals surface area contributed by atoms with Crippen molar-refractivity contribution in [3.05, 3.63) is 0 Å². The van der Waals surface area contributed by atoms with Gasteiger partial charge in [0, 0.05) is 6.04 Å². The normalized spacial score (nSPS) is 16.8. The Balaban J connectivity index is 3.16. The van der Waals surface area contributed by atoms with E-state index in [1.54, 1.807) is 0 Å². The predicted molar refractivity (Wildman–Crippen MR) is 47.0 cm³/mol. The van der Waals surface area contributed by atoms with Crippen molar-refractivity contribution in [1.29, 1.82) is 0 Å². The first-order valence-electron chi connectivity index (χ1n) is 4.42. The highest BCUT2D eigenvalue weighted by molar-refractivity contribution is 4.60. The molecule has 0 aliphatic rings. The molecule has 1 heteroatoms. The van der Waals surface area contributed by atoms with Gasteiger partial charge >= 0.3 is 0 Å². The van der Waals surface area contributed by atoms with Crippen LogP contribution in [0.15, 0.2) is 0 Å². The van der Waals surface area contributed by atoms with E-state index in [0.29, 0.717) is 6.04 Å². The Morgan fingerprint density at radius 2 is 1.90 bits per heavy atom. The summed E-state index contributed by atoms with van der Waals surface area (Å²) in [6, 6.07) is 0.381. The molecule has 0 saturated heterocycles. The third kappa shape index (κ3) is 6.09. The van der Waals surface area contributed by atoms with E-state index < -0.39 is 0 Å². The first-order valence-corrected chi connectivity index (χ1v) is 4.42. The third-order valence-corrected chi connectivity index (χ3v) is 1.82. The second-order valence-corrected chi connectivity index (χ2v) is 3.46. The minimum atomic E-state index is 0.381. The van der Waals surface area contributed by atoms with Crippen molar-refractivity contribution in [1.82, 2.24) is 0 Å². The molecule has 0 aliphatic heterocycles. The van der Waals surface area contributed by atoms with Gasteiger partial charge in [0.2, 0.25) is 0 Å². The zero-order chi connectivity index (χ0) is 7.98. The van der Waals surface area contributed by atoms with Crippen LogP contribution in [0.1, 0.15) is 46.5 Å². The van der Waals surface area contributed by atoms with Crippen LogP contribution in [0.4, 0.5) is 0 Å². The first-order chi connectivity index (χ1) is 4.66. The summed E-state index contributed by atoms with van der Waals surface area (Å²) in [5, 5.41) is 0. The lowest BCUT2D eigenvalue weighted by Gasteiger charge is -2.12. The van der Waals surface area contributed by atoms with E-state index in [4.69, 9.17) is 5.73 Å². The van der Waals surface area contributed by atoms with E-state index in [1.807, 2.05) is 0 Å². The number of rotatable bonds is 5. The molecule has 0 heterocycles. The standard InChI is InChI=1S/C9H21N/c1-4-5-6-8(2)7-9(3)10/h8-9H,4-7,10H2,1-3H3/t8-,9?/m1/s1. The van der Waals surface area contributed by atoms with Crippen LogP contribution in [0.5, 0.6) is 0 Å². The van der Waals surface area contributed by atoms with E-state index in [2.05, 4.69) is 20.8 Å². The molecule has 0 aromatic carbocycles. The molecule has 0 aromatic heterocycles. The average Bonchev–Trinajstić information content (AvgIpc) is 1.82. The van der Waals surface area contributed by atoms with E-state index in [1.165, 1.54) is 25.7 Å². The first kappa shape index (κ1) is 9.96. The van der Waals surface area contributed by atoms with Gasteiger partial charge in [0.25, 0.3) is 0 Å². The van der Waals surface area contributed by atoms with Crippen molar-refractivity contribution in [2.75, 3.05) is 0 Å². The van der Waals surface area contributed by atoms with E-state index in [9.17, 15) is 0 Å². The fourth-order valence-electron chi connectivity index (χ4n) is 1.31. The molecular formula is C9H21N. The number of nitrogens with two attached hydrogens (primary N) is 1. The maximum atomic E-state index is 5.67. The van der Waals surface area contributed by atoms with Crippen LogP contribution in [-0.4, -0.2) is 6.04 Å². The Labute approximate surface area is 65.0 Å². The second kappa shape index (κ2) is 5.72. The highest BCUT2D eigenvalue weighted by Gasteiger charge is 2.03. The van der Waals surface area contributed by atoms with Crippen molar-refractivity contribution >= 4 is 0 Å². The van der Waals surface area contributed by atoms with Gasteiger partial charge in [0.15, 0.2) is 0 Å². The fourth-order valence-corrected chi connectivity index (χ4v) is 1.31. The summed E-state index contributed by atoms with van der Waals surface area (Å²) in [7, 11) is 0. The molecule has 0 bridgehead atoms. The Hall–Kier alpha value is -0.0400.